The molecule has 0 aliphatic heterocycles. The van der Waals surface area contributed by atoms with Crippen molar-refractivity contribution in [1.82, 2.24) is 0 Å². The summed E-state index contributed by atoms with van der Waals surface area (Å²) in [6, 6.07) is 0. The molecule has 5 fully saturated rings. The maximum absolute atomic E-state index is 12.4. The van der Waals surface area contributed by atoms with Crippen LogP contribution < -0.4 is 0 Å². The van der Waals surface area contributed by atoms with Gasteiger partial charge in [0.1, 0.15) is 11.9 Å². The molecule has 5 aliphatic rings. The molecule has 0 bridgehead atoms. The number of carbonyl (C=O) groups excluding carboxylic acids is 2. The number of hydrogen-bond acceptors (Lipinski definition) is 3. The normalized spacial score (nSPS) is 48.3. The van der Waals surface area contributed by atoms with Gasteiger partial charge in [-0.25, -0.2) is 0 Å². The molecule has 5 rings (SSSR count). The molecule has 0 N–H and O–H groups in total. The van der Waals surface area contributed by atoms with Crippen LogP contribution in [-0.4, -0.2) is 17.9 Å². The molecule has 5 saturated carbocycles. The molecule has 198 valence electrons. The molecule has 0 heterocycles. The molecule has 0 aromatic heterocycles. The van der Waals surface area contributed by atoms with Crippen LogP contribution in [0.4, 0.5) is 0 Å². The second-order valence-electron chi connectivity index (χ2n) is 15.2. The molecule has 0 aromatic carbocycles. The van der Waals surface area contributed by atoms with E-state index in [4.69, 9.17) is 4.74 Å². The van der Waals surface area contributed by atoms with Crippen LogP contribution >= 0.6 is 0 Å². The van der Waals surface area contributed by atoms with Crippen LogP contribution in [0.2, 0.25) is 0 Å². The van der Waals surface area contributed by atoms with Gasteiger partial charge < -0.3 is 4.74 Å². The summed E-state index contributed by atoms with van der Waals surface area (Å²) < 4.78 is 5.89. The number of hydrogen-bond donors (Lipinski definition) is 0. The van der Waals surface area contributed by atoms with Crippen LogP contribution in [-0.2, 0) is 14.3 Å². The minimum Gasteiger partial charge on any atom is -0.462 e. The molecular formula is C32H52O3. The SMILES string of the molecule is CC(=O)O[C@H]1CC[C@]23C[C@]24CC[C@]2(C)C([C@H](C)CCC(=O)C(C)C)CC[C@@]2(C)C4CCC3C1(C)C. The minimum atomic E-state index is -0.111. The van der Waals surface area contributed by atoms with Gasteiger partial charge in [0.05, 0.1) is 0 Å². The van der Waals surface area contributed by atoms with Gasteiger partial charge in [0.15, 0.2) is 0 Å². The average molecular weight is 485 g/mol. The Morgan fingerprint density at radius 2 is 1.49 bits per heavy atom. The minimum absolute atomic E-state index is 0.0791. The Balaban J connectivity index is 1.37. The van der Waals surface area contributed by atoms with Crippen molar-refractivity contribution < 1.29 is 14.3 Å². The molecule has 0 saturated heterocycles. The quantitative estimate of drug-likeness (QED) is 0.359. The van der Waals surface area contributed by atoms with Crippen molar-refractivity contribution in [3.05, 3.63) is 0 Å². The van der Waals surface area contributed by atoms with Crippen LogP contribution in [0.5, 0.6) is 0 Å². The van der Waals surface area contributed by atoms with E-state index in [1.54, 1.807) is 6.92 Å². The average Bonchev–Trinajstić information content (AvgIpc) is 3.36. The van der Waals surface area contributed by atoms with Crippen molar-refractivity contribution in [2.75, 3.05) is 0 Å². The Morgan fingerprint density at radius 1 is 0.829 bits per heavy atom. The number of ketones is 1. The third-order valence-electron chi connectivity index (χ3n) is 13.6. The van der Waals surface area contributed by atoms with E-state index < -0.39 is 0 Å². The van der Waals surface area contributed by atoms with E-state index in [-0.39, 0.29) is 23.4 Å². The van der Waals surface area contributed by atoms with Crippen LogP contribution in [0.3, 0.4) is 0 Å². The standard InChI is InChI=1S/C32H52O3/c1-20(2)24(34)10-9-21(3)23-13-15-30(8)26-12-11-25-28(5,6)27(35-22(4)33)14-16-31(25)19-32(26,31)18-17-29(23,30)7/h20-21,23,25-27H,9-19H2,1-8H3/t21-,23?,25?,26?,27+,29-,30+,31-,32+/m1/s1. The number of ether oxygens (including phenoxy) is 1. The Morgan fingerprint density at radius 3 is 2.14 bits per heavy atom. The smallest absolute Gasteiger partial charge is 0.302 e. The summed E-state index contributed by atoms with van der Waals surface area (Å²) in [6.07, 6.45) is 13.8. The van der Waals surface area contributed by atoms with E-state index in [0.29, 0.717) is 39.3 Å². The topological polar surface area (TPSA) is 43.4 Å². The van der Waals surface area contributed by atoms with Gasteiger partial charge in [-0.15, -0.1) is 0 Å². The van der Waals surface area contributed by atoms with Crippen molar-refractivity contribution in [3.63, 3.8) is 0 Å². The molecule has 3 unspecified atom stereocenters. The molecule has 35 heavy (non-hydrogen) atoms. The first-order valence-electron chi connectivity index (χ1n) is 15.0. The second-order valence-corrected chi connectivity index (χ2v) is 15.2. The molecule has 9 atom stereocenters. The predicted octanol–water partition coefficient (Wildman–Crippen LogP) is 8.00. The lowest BCUT2D eigenvalue weighted by Gasteiger charge is -2.63. The van der Waals surface area contributed by atoms with Crippen molar-refractivity contribution >= 4 is 11.8 Å². The summed E-state index contributed by atoms with van der Waals surface area (Å²) in [6.45, 7) is 18.3. The zero-order valence-corrected chi connectivity index (χ0v) is 24.0. The van der Waals surface area contributed by atoms with Gasteiger partial charge in [-0.05, 0) is 110 Å². The summed E-state index contributed by atoms with van der Waals surface area (Å²) in [5, 5.41) is 0. The van der Waals surface area contributed by atoms with Crippen LogP contribution in [0.25, 0.3) is 0 Å². The summed E-state index contributed by atoms with van der Waals surface area (Å²) in [4.78, 5) is 24.2. The van der Waals surface area contributed by atoms with Crippen LogP contribution in [0.1, 0.15) is 126 Å². The molecule has 5 aliphatic carbocycles. The molecule has 3 nitrogen and oxygen atoms in total. The van der Waals surface area contributed by atoms with Gasteiger partial charge in [0.2, 0.25) is 0 Å². The Bertz CT molecular complexity index is 889. The highest BCUT2D eigenvalue weighted by Crippen LogP contribution is 2.89. The fraction of sp³-hybridized carbons (Fsp3) is 0.938. The molecule has 2 spiro atoms. The maximum atomic E-state index is 12.4. The number of carbonyl (C=O) groups is 2. The molecule has 3 heteroatoms. The fourth-order valence-corrected chi connectivity index (χ4v) is 11.6. The van der Waals surface area contributed by atoms with E-state index >= 15 is 0 Å². The number of fused-ring (bicyclic) bond motifs is 2. The first-order valence-corrected chi connectivity index (χ1v) is 15.0. The van der Waals surface area contributed by atoms with Crippen molar-refractivity contribution in [2.45, 2.75) is 132 Å². The van der Waals surface area contributed by atoms with Crippen molar-refractivity contribution in [2.24, 2.45) is 56.7 Å². The number of rotatable bonds is 6. The molecule has 0 amide bonds. The molecule has 0 aromatic rings. The third kappa shape index (κ3) is 3.34. The van der Waals surface area contributed by atoms with Gasteiger partial charge >= 0.3 is 5.97 Å². The maximum Gasteiger partial charge on any atom is 0.302 e. The highest BCUT2D eigenvalue weighted by atomic mass is 16.5. The Kier molecular flexibility index (Phi) is 5.94. The first kappa shape index (κ1) is 25.8. The number of Topliss-reactive ketones (excluding diaryl/α,β-unsaturated/α-hetero) is 1. The summed E-state index contributed by atoms with van der Waals surface area (Å²) in [5.74, 6) is 3.43. The summed E-state index contributed by atoms with van der Waals surface area (Å²) in [7, 11) is 0. The van der Waals surface area contributed by atoms with E-state index in [0.717, 1.165) is 31.1 Å². The van der Waals surface area contributed by atoms with Gasteiger partial charge in [-0.1, -0.05) is 48.5 Å². The number of esters is 1. The summed E-state index contributed by atoms with van der Waals surface area (Å²) >= 11 is 0. The van der Waals surface area contributed by atoms with Gasteiger partial charge in [0.25, 0.3) is 0 Å². The van der Waals surface area contributed by atoms with E-state index in [1.807, 2.05) is 13.8 Å². The van der Waals surface area contributed by atoms with Gasteiger partial charge in [-0.3, -0.25) is 9.59 Å². The second kappa shape index (κ2) is 8.07. The highest BCUT2D eigenvalue weighted by Gasteiger charge is 2.82. The molecular weight excluding hydrogens is 432 g/mol. The van der Waals surface area contributed by atoms with E-state index in [2.05, 4.69) is 34.6 Å². The zero-order chi connectivity index (χ0) is 25.6. The van der Waals surface area contributed by atoms with Gasteiger partial charge in [-0.2, -0.15) is 0 Å². The Hall–Kier alpha value is -0.860. The van der Waals surface area contributed by atoms with E-state index in [1.165, 1.54) is 51.4 Å². The Labute approximate surface area is 214 Å². The predicted molar refractivity (Wildman–Crippen MR) is 141 cm³/mol. The monoisotopic (exact) mass is 484 g/mol. The lowest BCUT2D eigenvalue weighted by Crippen LogP contribution is -2.58. The lowest BCUT2D eigenvalue weighted by molar-refractivity contribution is -0.181. The third-order valence-corrected chi connectivity index (χ3v) is 13.6. The summed E-state index contributed by atoms with van der Waals surface area (Å²) in [5.41, 5.74) is 1.94. The van der Waals surface area contributed by atoms with E-state index in [9.17, 15) is 9.59 Å². The first-order chi connectivity index (χ1) is 16.3. The van der Waals surface area contributed by atoms with Crippen LogP contribution in [0, 0.1) is 56.7 Å². The fourth-order valence-electron chi connectivity index (χ4n) is 11.6. The van der Waals surface area contributed by atoms with Crippen molar-refractivity contribution in [1.29, 1.82) is 0 Å². The lowest BCUT2D eigenvalue weighted by atomic mass is 9.41. The van der Waals surface area contributed by atoms with Crippen molar-refractivity contribution in [3.8, 4) is 0 Å². The highest BCUT2D eigenvalue weighted by molar-refractivity contribution is 5.80. The van der Waals surface area contributed by atoms with Crippen LogP contribution in [0.15, 0.2) is 0 Å². The van der Waals surface area contributed by atoms with Gasteiger partial charge in [0, 0.05) is 24.7 Å². The largest absolute Gasteiger partial charge is 0.462 e. The zero-order valence-electron chi connectivity index (χ0n) is 24.0. The molecule has 0 radical (unpaired) electrons.